The number of anilines is 1. The third kappa shape index (κ3) is 3.89. The lowest BCUT2D eigenvalue weighted by Crippen LogP contribution is -2.28. The number of carbonyl (C=O) groups is 1. The molecule has 4 rings (SSSR count). The fourth-order valence-corrected chi connectivity index (χ4v) is 4.75. The van der Waals surface area contributed by atoms with Crippen LogP contribution in [0.2, 0.25) is 5.02 Å². The highest BCUT2D eigenvalue weighted by Crippen LogP contribution is 2.35. The average Bonchev–Trinajstić information content (AvgIpc) is 3.09. The summed E-state index contributed by atoms with van der Waals surface area (Å²) in [5.74, 6) is 0.669. The molecule has 1 aromatic heterocycles. The van der Waals surface area contributed by atoms with E-state index in [1.54, 1.807) is 7.11 Å². The number of halogens is 1. The molecular formula is C19H18ClN3O5S. The first-order valence-electron chi connectivity index (χ1n) is 8.77. The van der Waals surface area contributed by atoms with Crippen LogP contribution in [0.1, 0.15) is 5.56 Å². The molecule has 0 atom stereocenters. The highest BCUT2D eigenvalue weighted by atomic mass is 35.5. The molecular weight excluding hydrogens is 418 g/mol. The van der Waals surface area contributed by atoms with Crippen LogP contribution in [0.25, 0.3) is 10.9 Å². The van der Waals surface area contributed by atoms with Gasteiger partial charge in [-0.3, -0.25) is 4.79 Å². The van der Waals surface area contributed by atoms with Crippen LogP contribution >= 0.6 is 11.6 Å². The number of aromatic nitrogens is 1. The summed E-state index contributed by atoms with van der Waals surface area (Å²) in [6.45, 7) is 0.00305. The molecule has 3 aromatic rings. The van der Waals surface area contributed by atoms with E-state index in [1.165, 1.54) is 12.1 Å². The molecule has 2 aromatic carbocycles. The average molecular weight is 436 g/mol. The van der Waals surface area contributed by atoms with Gasteiger partial charge in [0, 0.05) is 29.7 Å². The summed E-state index contributed by atoms with van der Waals surface area (Å²) in [6, 6.07) is 8.35. The second-order valence-electron chi connectivity index (χ2n) is 6.49. The zero-order chi connectivity index (χ0) is 20.6. The number of hydrogen-bond acceptors (Lipinski definition) is 5. The van der Waals surface area contributed by atoms with Crippen molar-refractivity contribution in [3.05, 3.63) is 47.1 Å². The first kappa shape index (κ1) is 19.6. The van der Waals surface area contributed by atoms with Gasteiger partial charge >= 0.3 is 0 Å². The maximum atomic E-state index is 12.7. The van der Waals surface area contributed by atoms with Crippen molar-refractivity contribution < 1.29 is 22.7 Å². The molecule has 0 radical (unpaired) electrons. The fraction of sp³-hybridized carbons (Fsp3) is 0.211. The standard InChI is InChI=1S/C19H18ClN3O5S/c1-27-12-2-3-15-13(6-12)11(9-21-15)4-5-22-29(25,26)18-8-17-16(7-14(18)20)23-19(24)10-28-17/h2-3,6-9,21-22H,4-5,10H2,1H3,(H,23,24). The molecule has 3 N–H and O–H groups in total. The van der Waals surface area contributed by atoms with Gasteiger partial charge in [0.2, 0.25) is 10.0 Å². The minimum atomic E-state index is -3.87. The first-order chi connectivity index (χ1) is 13.9. The van der Waals surface area contributed by atoms with E-state index in [-0.39, 0.29) is 34.7 Å². The van der Waals surface area contributed by atoms with Crippen molar-refractivity contribution in [3.63, 3.8) is 0 Å². The van der Waals surface area contributed by atoms with Gasteiger partial charge in [-0.2, -0.15) is 0 Å². The Labute approximate surface area is 172 Å². The summed E-state index contributed by atoms with van der Waals surface area (Å²) >= 11 is 6.14. The van der Waals surface area contributed by atoms with E-state index in [2.05, 4.69) is 15.0 Å². The molecule has 10 heteroatoms. The Hall–Kier alpha value is -2.75. The molecule has 8 nitrogen and oxygen atoms in total. The summed E-state index contributed by atoms with van der Waals surface area (Å²) in [5.41, 5.74) is 2.25. The number of rotatable bonds is 6. The molecule has 0 aliphatic carbocycles. The molecule has 29 heavy (non-hydrogen) atoms. The molecule has 0 saturated heterocycles. The zero-order valence-electron chi connectivity index (χ0n) is 15.4. The molecule has 0 saturated carbocycles. The number of nitrogens with one attached hydrogen (secondary N) is 3. The van der Waals surface area contributed by atoms with Crippen LogP contribution in [0, 0.1) is 0 Å². The lowest BCUT2D eigenvalue weighted by atomic mass is 10.1. The number of ether oxygens (including phenoxy) is 2. The molecule has 1 aliphatic heterocycles. The first-order valence-corrected chi connectivity index (χ1v) is 10.6. The van der Waals surface area contributed by atoms with Gasteiger partial charge in [0.15, 0.2) is 6.61 Å². The topological polar surface area (TPSA) is 110 Å². The van der Waals surface area contributed by atoms with Crippen molar-refractivity contribution in [2.75, 3.05) is 25.6 Å². The van der Waals surface area contributed by atoms with E-state index in [4.69, 9.17) is 21.1 Å². The molecule has 0 bridgehead atoms. The van der Waals surface area contributed by atoms with Crippen LogP contribution in [-0.4, -0.2) is 39.6 Å². The van der Waals surface area contributed by atoms with E-state index in [0.717, 1.165) is 22.2 Å². The highest BCUT2D eigenvalue weighted by Gasteiger charge is 2.24. The Morgan fingerprint density at radius 3 is 2.90 bits per heavy atom. The number of sulfonamides is 1. The van der Waals surface area contributed by atoms with Crippen LogP contribution in [0.3, 0.4) is 0 Å². The number of carbonyl (C=O) groups excluding carboxylic acids is 1. The molecule has 0 spiro atoms. The predicted molar refractivity (Wildman–Crippen MR) is 109 cm³/mol. The van der Waals surface area contributed by atoms with Gasteiger partial charge in [0.1, 0.15) is 16.4 Å². The maximum absolute atomic E-state index is 12.7. The van der Waals surface area contributed by atoms with Crippen molar-refractivity contribution in [2.24, 2.45) is 0 Å². The third-order valence-corrected chi connectivity index (χ3v) is 6.54. The van der Waals surface area contributed by atoms with Crippen molar-refractivity contribution >= 4 is 44.1 Å². The number of hydrogen-bond donors (Lipinski definition) is 3. The van der Waals surface area contributed by atoms with Crippen LogP contribution in [0.5, 0.6) is 11.5 Å². The number of amides is 1. The van der Waals surface area contributed by atoms with Crippen LogP contribution in [-0.2, 0) is 21.2 Å². The third-order valence-electron chi connectivity index (χ3n) is 4.62. The molecule has 0 fully saturated rings. The molecule has 2 heterocycles. The molecule has 1 amide bonds. The summed E-state index contributed by atoms with van der Waals surface area (Å²) < 4.78 is 38.6. The van der Waals surface area contributed by atoms with E-state index >= 15 is 0 Å². The summed E-state index contributed by atoms with van der Waals surface area (Å²) in [7, 11) is -2.27. The summed E-state index contributed by atoms with van der Waals surface area (Å²) in [4.78, 5) is 14.4. The lowest BCUT2D eigenvalue weighted by molar-refractivity contribution is -0.118. The second-order valence-corrected chi connectivity index (χ2v) is 8.63. The number of benzene rings is 2. The largest absolute Gasteiger partial charge is 0.497 e. The zero-order valence-corrected chi connectivity index (χ0v) is 17.0. The van der Waals surface area contributed by atoms with Crippen molar-refractivity contribution in [1.82, 2.24) is 9.71 Å². The monoisotopic (exact) mass is 435 g/mol. The Morgan fingerprint density at radius 2 is 2.10 bits per heavy atom. The molecule has 1 aliphatic rings. The number of H-pyrrole nitrogens is 1. The van der Waals surface area contributed by atoms with Crippen molar-refractivity contribution in [3.8, 4) is 11.5 Å². The second kappa shape index (κ2) is 7.58. The Morgan fingerprint density at radius 1 is 1.28 bits per heavy atom. The Kier molecular flexibility index (Phi) is 5.12. The van der Waals surface area contributed by atoms with E-state index in [0.29, 0.717) is 12.1 Å². The maximum Gasteiger partial charge on any atom is 0.262 e. The Balaban J connectivity index is 1.51. The SMILES string of the molecule is COc1ccc2[nH]cc(CCNS(=O)(=O)c3cc4c(cc3Cl)NC(=O)CO4)c2c1. The van der Waals surface area contributed by atoms with Gasteiger partial charge < -0.3 is 19.8 Å². The van der Waals surface area contributed by atoms with Gasteiger partial charge in [0.05, 0.1) is 17.8 Å². The van der Waals surface area contributed by atoms with Crippen LogP contribution in [0.15, 0.2) is 41.4 Å². The van der Waals surface area contributed by atoms with E-state index in [9.17, 15) is 13.2 Å². The van der Waals surface area contributed by atoms with E-state index in [1.807, 2.05) is 24.4 Å². The minimum absolute atomic E-state index is 0.00104. The van der Waals surface area contributed by atoms with Gasteiger partial charge in [-0.1, -0.05) is 11.6 Å². The van der Waals surface area contributed by atoms with Crippen molar-refractivity contribution in [1.29, 1.82) is 0 Å². The quantitative estimate of drug-likeness (QED) is 0.551. The van der Waals surface area contributed by atoms with Crippen LogP contribution < -0.4 is 19.5 Å². The van der Waals surface area contributed by atoms with Crippen molar-refractivity contribution in [2.45, 2.75) is 11.3 Å². The number of methoxy groups -OCH3 is 1. The minimum Gasteiger partial charge on any atom is -0.497 e. The van der Waals surface area contributed by atoms with E-state index < -0.39 is 10.0 Å². The predicted octanol–water partition coefficient (Wildman–Crippen LogP) is 2.68. The summed E-state index contributed by atoms with van der Waals surface area (Å²) in [6.07, 6.45) is 2.32. The van der Waals surface area contributed by atoms with Gasteiger partial charge in [-0.15, -0.1) is 0 Å². The van der Waals surface area contributed by atoms with Gasteiger partial charge in [0.25, 0.3) is 5.91 Å². The Bertz CT molecular complexity index is 1210. The fourth-order valence-electron chi connectivity index (χ4n) is 3.18. The summed E-state index contributed by atoms with van der Waals surface area (Å²) in [5, 5.41) is 3.56. The van der Waals surface area contributed by atoms with Gasteiger partial charge in [-0.25, -0.2) is 13.1 Å². The number of fused-ring (bicyclic) bond motifs is 2. The normalized spacial score (nSPS) is 13.7. The molecule has 0 unspecified atom stereocenters. The van der Waals surface area contributed by atoms with Crippen LogP contribution in [0.4, 0.5) is 5.69 Å². The lowest BCUT2D eigenvalue weighted by Gasteiger charge is -2.19. The smallest absolute Gasteiger partial charge is 0.262 e. The number of aromatic amines is 1. The molecule has 152 valence electrons. The highest BCUT2D eigenvalue weighted by molar-refractivity contribution is 7.89. The van der Waals surface area contributed by atoms with Gasteiger partial charge in [-0.05, 0) is 36.2 Å².